The van der Waals surface area contributed by atoms with Crippen LogP contribution in [0.4, 0.5) is 13.2 Å². The Hall–Kier alpha value is -2.14. The maximum Gasteiger partial charge on any atom is 0.416 e. The molecule has 1 nitrogen and oxygen atoms in total. The normalized spacial score (nSPS) is 11.6. The molecule has 0 unspecified atom stereocenters. The molecule has 112 valence electrons. The van der Waals surface area contributed by atoms with Crippen LogP contribution in [0.1, 0.15) is 16.1 Å². The number of nitrogens with zero attached hydrogens (tertiary/aromatic N) is 1. The molecule has 0 saturated carbocycles. The van der Waals surface area contributed by atoms with Gasteiger partial charge < -0.3 is 0 Å². The van der Waals surface area contributed by atoms with Gasteiger partial charge in [0.15, 0.2) is 0 Å². The Balaban J connectivity index is 1.81. The summed E-state index contributed by atoms with van der Waals surface area (Å²) in [5, 5.41) is 2.73. The number of rotatable bonds is 3. The minimum absolute atomic E-state index is 0.404. The van der Waals surface area contributed by atoms with E-state index in [4.69, 9.17) is 0 Å². The predicted octanol–water partition coefficient (Wildman–Crippen LogP) is 5.42. The second-order valence-electron chi connectivity index (χ2n) is 4.87. The standard InChI is InChI=1S/C17H12F3NS/c18-17(19,20)14-8-4-5-12(9-14)10-16-21-15(11-22-16)13-6-2-1-3-7-13/h1-9,11H,10H2. The fourth-order valence-electron chi connectivity index (χ4n) is 2.17. The van der Waals surface area contributed by atoms with Gasteiger partial charge >= 0.3 is 6.18 Å². The zero-order valence-electron chi connectivity index (χ0n) is 11.5. The van der Waals surface area contributed by atoms with Crippen molar-refractivity contribution >= 4 is 11.3 Å². The van der Waals surface area contributed by atoms with Crippen molar-refractivity contribution < 1.29 is 13.2 Å². The maximum atomic E-state index is 12.7. The highest BCUT2D eigenvalue weighted by Crippen LogP contribution is 2.30. The van der Waals surface area contributed by atoms with E-state index in [0.29, 0.717) is 12.0 Å². The van der Waals surface area contributed by atoms with Crippen LogP contribution < -0.4 is 0 Å². The molecule has 1 heterocycles. The van der Waals surface area contributed by atoms with E-state index < -0.39 is 11.7 Å². The van der Waals surface area contributed by atoms with Crippen LogP contribution in [0.3, 0.4) is 0 Å². The first-order valence-corrected chi connectivity index (χ1v) is 7.56. The van der Waals surface area contributed by atoms with Crippen LogP contribution >= 0.6 is 11.3 Å². The number of alkyl halides is 3. The van der Waals surface area contributed by atoms with Crippen molar-refractivity contribution in [3.8, 4) is 11.3 Å². The third-order valence-electron chi connectivity index (χ3n) is 3.23. The van der Waals surface area contributed by atoms with Crippen molar-refractivity contribution in [2.75, 3.05) is 0 Å². The van der Waals surface area contributed by atoms with Crippen molar-refractivity contribution in [2.24, 2.45) is 0 Å². The summed E-state index contributed by atoms with van der Waals surface area (Å²) in [5.41, 5.74) is 1.86. The molecule has 1 aromatic heterocycles. The largest absolute Gasteiger partial charge is 0.416 e. The van der Waals surface area contributed by atoms with Crippen LogP contribution in [-0.2, 0) is 12.6 Å². The minimum Gasteiger partial charge on any atom is -0.241 e. The molecule has 3 rings (SSSR count). The number of thiazole rings is 1. The maximum absolute atomic E-state index is 12.7. The molecule has 0 atom stereocenters. The monoisotopic (exact) mass is 319 g/mol. The molecular formula is C17H12F3NS. The van der Waals surface area contributed by atoms with E-state index in [9.17, 15) is 13.2 Å². The van der Waals surface area contributed by atoms with Gasteiger partial charge in [0.1, 0.15) is 0 Å². The smallest absolute Gasteiger partial charge is 0.241 e. The SMILES string of the molecule is FC(F)(F)c1cccc(Cc2nc(-c3ccccc3)cs2)c1. The van der Waals surface area contributed by atoms with Gasteiger partial charge in [0, 0.05) is 17.4 Å². The fraction of sp³-hybridized carbons (Fsp3) is 0.118. The summed E-state index contributed by atoms with van der Waals surface area (Å²) in [7, 11) is 0. The number of aromatic nitrogens is 1. The summed E-state index contributed by atoms with van der Waals surface area (Å²) >= 11 is 1.46. The van der Waals surface area contributed by atoms with Crippen LogP contribution in [0.25, 0.3) is 11.3 Å². The van der Waals surface area contributed by atoms with Crippen molar-refractivity contribution in [3.63, 3.8) is 0 Å². The van der Waals surface area contributed by atoms with Gasteiger partial charge in [-0.3, -0.25) is 0 Å². The molecule has 5 heteroatoms. The molecule has 22 heavy (non-hydrogen) atoms. The second-order valence-corrected chi connectivity index (χ2v) is 5.81. The van der Waals surface area contributed by atoms with E-state index in [1.54, 1.807) is 6.07 Å². The number of halogens is 3. The zero-order valence-corrected chi connectivity index (χ0v) is 12.3. The predicted molar refractivity (Wildman–Crippen MR) is 81.8 cm³/mol. The lowest BCUT2D eigenvalue weighted by Gasteiger charge is -2.07. The molecule has 2 aromatic carbocycles. The second kappa shape index (κ2) is 5.93. The number of benzene rings is 2. The first kappa shape index (κ1) is 14.8. The highest BCUT2D eigenvalue weighted by molar-refractivity contribution is 7.10. The average Bonchev–Trinajstić information content (AvgIpc) is 2.96. The molecule has 0 bridgehead atoms. The van der Waals surface area contributed by atoms with Gasteiger partial charge in [0.05, 0.1) is 16.3 Å². The quantitative estimate of drug-likeness (QED) is 0.628. The molecule has 0 aliphatic carbocycles. The third kappa shape index (κ3) is 3.36. The Labute approximate surface area is 130 Å². The summed E-state index contributed by atoms with van der Waals surface area (Å²) in [6.07, 6.45) is -3.91. The van der Waals surface area contributed by atoms with Gasteiger partial charge in [-0.2, -0.15) is 13.2 Å². The van der Waals surface area contributed by atoms with Crippen LogP contribution in [-0.4, -0.2) is 4.98 Å². The molecule has 0 spiro atoms. The highest BCUT2D eigenvalue weighted by atomic mass is 32.1. The Bertz CT molecular complexity index is 763. The van der Waals surface area contributed by atoms with E-state index in [1.165, 1.54) is 23.5 Å². The van der Waals surface area contributed by atoms with Crippen molar-refractivity contribution in [1.82, 2.24) is 4.98 Å². The lowest BCUT2D eigenvalue weighted by Crippen LogP contribution is -2.05. The minimum atomic E-state index is -4.31. The summed E-state index contributed by atoms with van der Waals surface area (Å²) in [6.45, 7) is 0. The van der Waals surface area contributed by atoms with Crippen LogP contribution in [0.15, 0.2) is 60.0 Å². The van der Waals surface area contributed by atoms with Crippen LogP contribution in [0.5, 0.6) is 0 Å². The molecule has 0 saturated heterocycles. The summed E-state index contributed by atoms with van der Waals surface area (Å²) in [6, 6.07) is 15.1. The summed E-state index contributed by atoms with van der Waals surface area (Å²) < 4.78 is 38.2. The third-order valence-corrected chi connectivity index (χ3v) is 4.08. The van der Waals surface area contributed by atoms with Crippen molar-refractivity contribution in [2.45, 2.75) is 12.6 Å². The van der Waals surface area contributed by atoms with Crippen LogP contribution in [0, 0.1) is 0 Å². The van der Waals surface area contributed by atoms with E-state index in [1.807, 2.05) is 35.7 Å². The lowest BCUT2D eigenvalue weighted by molar-refractivity contribution is -0.137. The van der Waals surface area contributed by atoms with Gasteiger partial charge in [0.25, 0.3) is 0 Å². The molecule has 0 aliphatic heterocycles. The first-order valence-electron chi connectivity index (χ1n) is 6.68. The molecule has 0 N–H and O–H groups in total. The van der Waals surface area contributed by atoms with Crippen molar-refractivity contribution in [3.05, 3.63) is 76.1 Å². The van der Waals surface area contributed by atoms with E-state index in [-0.39, 0.29) is 0 Å². The van der Waals surface area contributed by atoms with E-state index in [2.05, 4.69) is 4.98 Å². The topological polar surface area (TPSA) is 12.9 Å². The number of hydrogen-bond acceptors (Lipinski definition) is 2. The highest BCUT2D eigenvalue weighted by Gasteiger charge is 2.30. The molecule has 0 amide bonds. The zero-order chi connectivity index (χ0) is 15.6. The van der Waals surface area contributed by atoms with Crippen molar-refractivity contribution in [1.29, 1.82) is 0 Å². The van der Waals surface area contributed by atoms with E-state index >= 15 is 0 Å². The summed E-state index contributed by atoms with van der Waals surface area (Å²) in [4.78, 5) is 4.50. The Morgan fingerprint density at radius 1 is 0.955 bits per heavy atom. The number of hydrogen-bond donors (Lipinski definition) is 0. The van der Waals surface area contributed by atoms with Gasteiger partial charge in [-0.25, -0.2) is 4.98 Å². The lowest BCUT2D eigenvalue weighted by atomic mass is 10.1. The molecule has 0 aliphatic rings. The molecule has 3 aromatic rings. The average molecular weight is 319 g/mol. The van der Waals surface area contributed by atoms with Crippen LogP contribution in [0.2, 0.25) is 0 Å². The fourth-order valence-corrected chi connectivity index (χ4v) is 3.00. The molecule has 0 fully saturated rings. The molecular weight excluding hydrogens is 307 g/mol. The van der Waals surface area contributed by atoms with Gasteiger partial charge in [-0.15, -0.1) is 11.3 Å². The Kier molecular flexibility index (Phi) is 3.98. The summed E-state index contributed by atoms with van der Waals surface area (Å²) in [5.74, 6) is 0. The van der Waals surface area contributed by atoms with Gasteiger partial charge in [0.2, 0.25) is 0 Å². The van der Waals surface area contributed by atoms with Gasteiger partial charge in [-0.1, -0.05) is 48.5 Å². The first-order chi connectivity index (χ1) is 10.5. The molecule has 0 radical (unpaired) electrons. The Morgan fingerprint density at radius 3 is 2.45 bits per heavy atom. The van der Waals surface area contributed by atoms with E-state index in [0.717, 1.165) is 22.3 Å². The van der Waals surface area contributed by atoms with Gasteiger partial charge in [-0.05, 0) is 11.6 Å². The Morgan fingerprint density at radius 2 is 1.73 bits per heavy atom.